The lowest BCUT2D eigenvalue weighted by Gasteiger charge is -2.62. The van der Waals surface area contributed by atoms with E-state index < -0.39 is 0 Å². The lowest BCUT2D eigenvalue weighted by molar-refractivity contribution is -0.126. The van der Waals surface area contributed by atoms with E-state index in [-0.39, 0.29) is 16.7 Å². The first-order valence-electron chi connectivity index (χ1n) is 13.1. The number of para-hydroxylation sites is 1. The largest absolute Gasteiger partial charge is 0.495 e. The second-order valence-electron chi connectivity index (χ2n) is 11.8. The minimum atomic E-state index is 0.0288. The third kappa shape index (κ3) is 3.23. The van der Waals surface area contributed by atoms with Gasteiger partial charge in [-0.3, -0.25) is 4.79 Å². The number of nitrogens with one attached hydrogen (secondary N) is 1. The number of fused-ring (bicyclic) bond motifs is 3. The molecule has 0 spiro atoms. The Morgan fingerprint density at radius 2 is 1.86 bits per heavy atom. The van der Waals surface area contributed by atoms with E-state index in [9.17, 15) is 4.79 Å². The minimum absolute atomic E-state index is 0.0288. The smallest absolute Gasteiger partial charge is 0.225 e. The highest BCUT2D eigenvalue weighted by atomic mass is 16.5. The number of hydrogen-bond donors (Lipinski definition) is 1. The maximum Gasteiger partial charge on any atom is 0.225 e. The van der Waals surface area contributed by atoms with Gasteiger partial charge in [-0.05, 0) is 81.8 Å². The lowest BCUT2D eigenvalue weighted by atomic mass is 9.42. The summed E-state index contributed by atoms with van der Waals surface area (Å²) in [6.07, 6.45) is 7.56. The number of carbonyl (C=O) groups is 1. The van der Waals surface area contributed by atoms with Crippen molar-refractivity contribution in [1.82, 2.24) is 5.16 Å². The summed E-state index contributed by atoms with van der Waals surface area (Å²) in [7, 11) is 1.64. The van der Waals surface area contributed by atoms with Gasteiger partial charge < -0.3 is 19.0 Å². The van der Waals surface area contributed by atoms with Gasteiger partial charge in [-0.25, -0.2) is 0 Å². The molecule has 0 unspecified atom stereocenters. The molecule has 186 valence electrons. The van der Waals surface area contributed by atoms with Crippen molar-refractivity contribution in [3.63, 3.8) is 0 Å². The molecule has 1 N–H and O–H groups in total. The Bertz CT molecular complexity index is 1480. The Kier molecular flexibility index (Phi) is 4.64. The van der Waals surface area contributed by atoms with Gasteiger partial charge >= 0.3 is 0 Å². The number of rotatable bonds is 5. The van der Waals surface area contributed by atoms with Crippen LogP contribution in [0.1, 0.15) is 62.0 Å². The van der Waals surface area contributed by atoms with Crippen molar-refractivity contribution >= 4 is 33.5 Å². The highest BCUT2D eigenvalue weighted by Gasteiger charge is 2.59. The first kappa shape index (κ1) is 22.0. The van der Waals surface area contributed by atoms with Crippen LogP contribution in [-0.2, 0) is 10.2 Å². The summed E-state index contributed by atoms with van der Waals surface area (Å²) in [5, 5.41) is 9.52. The van der Waals surface area contributed by atoms with E-state index in [2.05, 4.69) is 17.4 Å². The van der Waals surface area contributed by atoms with Gasteiger partial charge in [0.2, 0.25) is 5.91 Å². The Balaban J connectivity index is 1.19. The molecule has 36 heavy (non-hydrogen) atoms. The van der Waals surface area contributed by atoms with E-state index >= 15 is 0 Å². The Morgan fingerprint density at radius 3 is 2.58 bits per heavy atom. The van der Waals surface area contributed by atoms with Crippen LogP contribution in [0, 0.1) is 31.1 Å². The quantitative estimate of drug-likeness (QED) is 0.328. The number of methoxy groups -OCH3 is 1. The zero-order chi connectivity index (χ0) is 24.7. The number of carbonyl (C=O) groups excluding carboxylic acids is 1. The number of nitrogens with zero attached hydrogens (tertiary/aromatic N) is 1. The van der Waals surface area contributed by atoms with E-state index in [0.717, 1.165) is 52.7 Å². The highest BCUT2D eigenvalue weighted by Crippen LogP contribution is 2.67. The van der Waals surface area contributed by atoms with Crippen molar-refractivity contribution < 1.29 is 18.5 Å². The normalized spacial score (nSPS) is 28.8. The second-order valence-corrected chi connectivity index (χ2v) is 11.8. The summed E-state index contributed by atoms with van der Waals surface area (Å²) >= 11 is 0. The molecular weight excluding hydrogens is 452 g/mol. The Morgan fingerprint density at radius 1 is 1.08 bits per heavy atom. The van der Waals surface area contributed by atoms with Crippen LogP contribution in [0.5, 0.6) is 5.75 Å². The zero-order valence-corrected chi connectivity index (χ0v) is 21.1. The van der Waals surface area contributed by atoms with Crippen molar-refractivity contribution in [3.05, 3.63) is 53.4 Å². The van der Waals surface area contributed by atoms with Gasteiger partial charge in [-0.1, -0.05) is 23.4 Å². The fraction of sp³-hybridized carbons (Fsp3) is 0.467. The maximum absolute atomic E-state index is 13.6. The third-order valence-electron chi connectivity index (χ3n) is 9.25. The predicted octanol–water partition coefficient (Wildman–Crippen LogP) is 7.07. The molecule has 4 aromatic rings. The molecule has 0 radical (unpaired) electrons. The second kappa shape index (κ2) is 7.61. The Hall–Kier alpha value is -3.28. The first-order valence-corrected chi connectivity index (χ1v) is 13.1. The van der Waals surface area contributed by atoms with Gasteiger partial charge in [0.1, 0.15) is 22.7 Å². The van der Waals surface area contributed by atoms with E-state index in [4.69, 9.17) is 13.7 Å². The maximum atomic E-state index is 13.6. The molecule has 4 aliphatic carbocycles. The molecule has 2 heterocycles. The van der Waals surface area contributed by atoms with Gasteiger partial charge in [-0.2, -0.15) is 0 Å². The third-order valence-corrected chi connectivity index (χ3v) is 9.25. The minimum Gasteiger partial charge on any atom is -0.495 e. The van der Waals surface area contributed by atoms with Crippen LogP contribution in [0.2, 0.25) is 0 Å². The molecule has 0 aliphatic heterocycles. The number of amides is 1. The first-order chi connectivity index (χ1) is 17.4. The molecule has 8 rings (SSSR count). The fourth-order valence-corrected chi connectivity index (χ4v) is 8.74. The van der Waals surface area contributed by atoms with E-state index in [1.807, 2.05) is 43.3 Å². The van der Waals surface area contributed by atoms with Crippen molar-refractivity contribution in [2.24, 2.45) is 17.3 Å². The van der Waals surface area contributed by atoms with Crippen LogP contribution >= 0.6 is 0 Å². The molecule has 6 heteroatoms. The van der Waals surface area contributed by atoms with E-state index in [1.165, 1.54) is 24.8 Å². The SMILES string of the molecule is COc1cc2c(cc1NC(=O)CC13C[C@H]4C[C@H](C1)CC(c1c(C)noc1C)(C4)C3)oc1ccccc12. The molecule has 2 atom stereocenters. The summed E-state index contributed by atoms with van der Waals surface area (Å²) in [6.45, 7) is 4.12. The predicted molar refractivity (Wildman–Crippen MR) is 138 cm³/mol. The molecule has 0 saturated heterocycles. The van der Waals surface area contributed by atoms with Crippen molar-refractivity contribution in [1.29, 1.82) is 0 Å². The van der Waals surface area contributed by atoms with Gasteiger partial charge in [0, 0.05) is 34.2 Å². The molecule has 4 fully saturated rings. The zero-order valence-electron chi connectivity index (χ0n) is 21.1. The molecular formula is C30H32N2O4. The van der Waals surface area contributed by atoms with Crippen molar-refractivity contribution in [3.8, 4) is 5.75 Å². The lowest BCUT2D eigenvalue weighted by Crippen LogP contribution is -2.55. The summed E-state index contributed by atoms with van der Waals surface area (Å²) in [5.74, 6) is 3.01. The van der Waals surface area contributed by atoms with Crippen LogP contribution in [0.25, 0.3) is 21.9 Å². The number of aromatic nitrogens is 1. The molecule has 6 nitrogen and oxygen atoms in total. The summed E-state index contributed by atoms with van der Waals surface area (Å²) in [6, 6.07) is 11.8. The fourth-order valence-electron chi connectivity index (χ4n) is 8.74. The summed E-state index contributed by atoms with van der Waals surface area (Å²) in [5.41, 5.74) is 4.72. The number of hydrogen-bond acceptors (Lipinski definition) is 5. The van der Waals surface area contributed by atoms with Crippen molar-refractivity contribution in [2.75, 3.05) is 12.4 Å². The van der Waals surface area contributed by atoms with Gasteiger partial charge in [0.25, 0.3) is 0 Å². The van der Waals surface area contributed by atoms with Crippen LogP contribution in [0.15, 0.2) is 45.3 Å². The average Bonchev–Trinajstić information content (AvgIpc) is 3.35. The van der Waals surface area contributed by atoms with E-state index in [0.29, 0.717) is 29.7 Å². The molecule has 4 saturated carbocycles. The van der Waals surface area contributed by atoms with Crippen LogP contribution in [0.4, 0.5) is 5.69 Å². The Labute approximate surface area is 210 Å². The summed E-state index contributed by atoms with van der Waals surface area (Å²) < 4.78 is 17.4. The van der Waals surface area contributed by atoms with Gasteiger partial charge in [-0.15, -0.1) is 0 Å². The number of benzene rings is 2. The topological polar surface area (TPSA) is 77.5 Å². The molecule has 4 aliphatic rings. The molecule has 4 bridgehead atoms. The standard InChI is InChI=1S/C30H32N2O4/c1-17-28(18(2)36-32-17)30-13-19-8-20(14-30)12-29(11-19,16-30)15-27(33)31-23-10-25-22(9-26(23)34-3)21-6-4-5-7-24(21)35-25/h4-7,9-10,19-20H,8,11-16H2,1-3H3,(H,31,33)/t19-,20-,29?,30?/m1/s1. The van der Waals surface area contributed by atoms with Crippen LogP contribution in [0.3, 0.4) is 0 Å². The van der Waals surface area contributed by atoms with E-state index in [1.54, 1.807) is 7.11 Å². The van der Waals surface area contributed by atoms with Gasteiger partial charge in [0.05, 0.1) is 18.5 Å². The molecule has 1 amide bonds. The number of anilines is 1. The number of ether oxygens (including phenoxy) is 1. The molecule has 2 aromatic heterocycles. The highest BCUT2D eigenvalue weighted by molar-refractivity contribution is 6.07. The number of aryl methyl sites for hydroxylation is 2. The summed E-state index contributed by atoms with van der Waals surface area (Å²) in [4.78, 5) is 13.6. The monoisotopic (exact) mass is 484 g/mol. The van der Waals surface area contributed by atoms with Crippen LogP contribution in [-0.4, -0.2) is 18.2 Å². The molecule has 2 aromatic carbocycles. The number of furan rings is 1. The van der Waals surface area contributed by atoms with Crippen LogP contribution < -0.4 is 10.1 Å². The van der Waals surface area contributed by atoms with Gasteiger partial charge in [0.15, 0.2) is 0 Å². The average molecular weight is 485 g/mol. The van der Waals surface area contributed by atoms with Crippen molar-refractivity contribution in [2.45, 2.75) is 64.2 Å².